The lowest BCUT2D eigenvalue weighted by Gasteiger charge is -2.41. The Bertz CT molecular complexity index is 1090. The highest BCUT2D eigenvalue weighted by Gasteiger charge is 2.41. The van der Waals surface area contributed by atoms with Gasteiger partial charge in [0.2, 0.25) is 0 Å². The van der Waals surface area contributed by atoms with Gasteiger partial charge in [-0.3, -0.25) is 0 Å². The van der Waals surface area contributed by atoms with Crippen LogP contribution in [0.4, 0.5) is 0 Å². The molecule has 0 aromatic heterocycles. The predicted molar refractivity (Wildman–Crippen MR) is 113 cm³/mol. The zero-order valence-electron chi connectivity index (χ0n) is 17.5. The maximum absolute atomic E-state index is 11.0. The molecule has 3 aromatic carbocycles. The van der Waals surface area contributed by atoms with Gasteiger partial charge in [0.05, 0.1) is 34.0 Å². The minimum Gasteiger partial charge on any atom is -0.493 e. The van der Waals surface area contributed by atoms with Gasteiger partial charge in [-0.05, 0) is 69.8 Å². The monoisotopic (exact) mass is 394 g/mol. The second-order valence-corrected chi connectivity index (χ2v) is 7.34. The van der Waals surface area contributed by atoms with Crippen LogP contribution in [0.3, 0.4) is 0 Å². The third-order valence-electron chi connectivity index (χ3n) is 5.98. The van der Waals surface area contributed by atoms with E-state index in [1.54, 1.807) is 28.4 Å². The number of aliphatic hydroxyl groups is 1. The molecule has 152 valence electrons. The van der Waals surface area contributed by atoms with Crippen LogP contribution in [0.25, 0.3) is 21.9 Å². The summed E-state index contributed by atoms with van der Waals surface area (Å²) in [7, 11) is 6.52. The van der Waals surface area contributed by atoms with Crippen molar-refractivity contribution in [2.45, 2.75) is 25.4 Å². The van der Waals surface area contributed by atoms with Crippen LogP contribution in [0, 0.1) is 0 Å². The highest BCUT2D eigenvalue weighted by molar-refractivity contribution is 6.02. The second-order valence-electron chi connectivity index (χ2n) is 7.34. The molecule has 5 nitrogen and oxygen atoms in total. The Morgan fingerprint density at radius 3 is 2.07 bits per heavy atom. The van der Waals surface area contributed by atoms with Gasteiger partial charge in [-0.2, -0.15) is 0 Å². The number of ether oxygens (including phenoxy) is 4. The third kappa shape index (κ3) is 2.88. The zero-order chi connectivity index (χ0) is 20.8. The average molecular weight is 394 g/mol. The standard InChI is InChI=1S/C24H26O5/c1-6-24(25)13-17-18(24)9-15-11-21(28-4)22(29-5)12-16(15)23(17)14-7-8-19(26-2)20(10-14)27-3/h7-12,25H,6,13H2,1-5H3. The fraction of sp³-hybridized carbons (Fsp3) is 0.333. The Morgan fingerprint density at radius 2 is 1.45 bits per heavy atom. The molecule has 1 atom stereocenters. The quantitative estimate of drug-likeness (QED) is 0.657. The molecule has 0 saturated heterocycles. The molecule has 5 heteroatoms. The molecular weight excluding hydrogens is 368 g/mol. The molecule has 0 spiro atoms. The van der Waals surface area contributed by atoms with Gasteiger partial charge in [0.15, 0.2) is 23.0 Å². The summed E-state index contributed by atoms with van der Waals surface area (Å²) in [6.07, 6.45) is 1.29. The number of hydrogen-bond donors (Lipinski definition) is 1. The molecule has 1 unspecified atom stereocenters. The van der Waals surface area contributed by atoms with Gasteiger partial charge in [0.25, 0.3) is 0 Å². The largest absolute Gasteiger partial charge is 0.493 e. The molecule has 0 amide bonds. The van der Waals surface area contributed by atoms with E-state index in [0.717, 1.165) is 33.0 Å². The fourth-order valence-electron chi connectivity index (χ4n) is 4.29. The summed E-state index contributed by atoms with van der Waals surface area (Å²) in [6, 6.07) is 12.0. The summed E-state index contributed by atoms with van der Waals surface area (Å²) in [5.41, 5.74) is 3.43. The lowest BCUT2D eigenvalue weighted by atomic mass is 9.68. The number of methoxy groups -OCH3 is 4. The van der Waals surface area contributed by atoms with Crippen molar-refractivity contribution in [3.05, 3.63) is 47.5 Å². The van der Waals surface area contributed by atoms with E-state index in [1.165, 1.54) is 0 Å². The highest BCUT2D eigenvalue weighted by atomic mass is 16.5. The highest BCUT2D eigenvalue weighted by Crippen LogP contribution is 2.51. The molecule has 4 rings (SSSR count). The van der Waals surface area contributed by atoms with Crippen molar-refractivity contribution in [3.63, 3.8) is 0 Å². The number of hydrogen-bond acceptors (Lipinski definition) is 5. The molecule has 0 saturated carbocycles. The third-order valence-corrected chi connectivity index (χ3v) is 5.98. The van der Waals surface area contributed by atoms with Crippen LogP contribution in [0.5, 0.6) is 23.0 Å². The van der Waals surface area contributed by atoms with Crippen LogP contribution >= 0.6 is 0 Å². The molecule has 1 N–H and O–H groups in total. The Kier molecular flexibility index (Phi) is 4.79. The van der Waals surface area contributed by atoms with Gasteiger partial charge in [0.1, 0.15) is 0 Å². The van der Waals surface area contributed by atoms with Crippen LogP contribution < -0.4 is 18.9 Å². The molecule has 0 fully saturated rings. The summed E-state index contributed by atoms with van der Waals surface area (Å²) in [5.74, 6) is 2.69. The molecule has 0 bridgehead atoms. The SMILES string of the molecule is CCC1(O)Cc2c1cc1cc(OC)c(OC)cc1c2-c1ccc(OC)c(OC)c1. The fourth-order valence-corrected chi connectivity index (χ4v) is 4.29. The first-order chi connectivity index (χ1) is 14.0. The molecule has 29 heavy (non-hydrogen) atoms. The van der Waals surface area contributed by atoms with E-state index in [-0.39, 0.29) is 0 Å². The van der Waals surface area contributed by atoms with Gasteiger partial charge in [-0.25, -0.2) is 0 Å². The van der Waals surface area contributed by atoms with Crippen molar-refractivity contribution in [1.29, 1.82) is 0 Å². The summed E-state index contributed by atoms with van der Waals surface area (Å²) >= 11 is 0. The molecule has 1 aliphatic rings. The van der Waals surface area contributed by atoms with E-state index in [2.05, 4.69) is 6.07 Å². The molecule has 0 aliphatic heterocycles. The summed E-state index contributed by atoms with van der Waals surface area (Å²) in [4.78, 5) is 0. The van der Waals surface area contributed by atoms with Crippen LogP contribution in [-0.2, 0) is 12.0 Å². The molecule has 0 heterocycles. The van der Waals surface area contributed by atoms with Gasteiger partial charge < -0.3 is 24.1 Å². The van der Waals surface area contributed by atoms with Gasteiger partial charge in [-0.1, -0.05) is 13.0 Å². The molecular formula is C24H26O5. The van der Waals surface area contributed by atoms with E-state index >= 15 is 0 Å². The van der Waals surface area contributed by atoms with Crippen molar-refractivity contribution in [1.82, 2.24) is 0 Å². The van der Waals surface area contributed by atoms with E-state index < -0.39 is 5.60 Å². The Labute approximate surface area is 170 Å². The average Bonchev–Trinajstić information content (AvgIpc) is 2.76. The van der Waals surface area contributed by atoms with Crippen molar-refractivity contribution in [2.75, 3.05) is 28.4 Å². The minimum absolute atomic E-state index is 0.618. The zero-order valence-corrected chi connectivity index (χ0v) is 17.5. The summed E-state index contributed by atoms with van der Waals surface area (Å²) < 4.78 is 22.0. The molecule has 1 aliphatic carbocycles. The first-order valence-electron chi connectivity index (χ1n) is 9.66. The normalized spacial score (nSPS) is 17.4. The van der Waals surface area contributed by atoms with Gasteiger partial charge in [-0.15, -0.1) is 0 Å². The van der Waals surface area contributed by atoms with Crippen LogP contribution in [0.1, 0.15) is 24.5 Å². The predicted octanol–water partition coefficient (Wildman–Crippen LogP) is 4.69. The smallest absolute Gasteiger partial charge is 0.161 e. The minimum atomic E-state index is -0.790. The topological polar surface area (TPSA) is 57.2 Å². The van der Waals surface area contributed by atoms with Gasteiger partial charge >= 0.3 is 0 Å². The lowest BCUT2D eigenvalue weighted by Crippen LogP contribution is -2.38. The van der Waals surface area contributed by atoms with Crippen molar-refractivity contribution in [3.8, 4) is 34.1 Å². The molecule has 0 radical (unpaired) electrons. The number of fused-ring (bicyclic) bond motifs is 2. The van der Waals surface area contributed by atoms with E-state index in [1.807, 2.05) is 37.3 Å². The van der Waals surface area contributed by atoms with Crippen LogP contribution in [-0.4, -0.2) is 33.5 Å². The van der Waals surface area contributed by atoms with E-state index in [0.29, 0.717) is 35.8 Å². The van der Waals surface area contributed by atoms with Gasteiger partial charge in [0, 0.05) is 6.42 Å². The maximum atomic E-state index is 11.0. The maximum Gasteiger partial charge on any atom is 0.161 e. The van der Waals surface area contributed by atoms with Crippen molar-refractivity contribution < 1.29 is 24.1 Å². The summed E-state index contributed by atoms with van der Waals surface area (Å²) in [5, 5.41) is 13.1. The van der Waals surface area contributed by atoms with Crippen molar-refractivity contribution >= 4 is 10.8 Å². The summed E-state index contributed by atoms with van der Waals surface area (Å²) in [6.45, 7) is 2.01. The Morgan fingerprint density at radius 1 is 0.828 bits per heavy atom. The van der Waals surface area contributed by atoms with Crippen LogP contribution in [0.2, 0.25) is 0 Å². The first kappa shape index (κ1) is 19.4. The van der Waals surface area contributed by atoms with Crippen LogP contribution in [0.15, 0.2) is 36.4 Å². The molecule has 3 aromatic rings. The van der Waals surface area contributed by atoms with E-state index in [4.69, 9.17) is 18.9 Å². The first-order valence-corrected chi connectivity index (χ1v) is 9.66. The Balaban J connectivity index is 2.05. The number of rotatable bonds is 6. The van der Waals surface area contributed by atoms with Crippen molar-refractivity contribution in [2.24, 2.45) is 0 Å². The Hall–Kier alpha value is -2.92. The number of benzene rings is 3. The van der Waals surface area contributed by atoms with E-state index in [9.17, 15) is 5.11 Å². The lowest BCUT2D eigenvalue weighted by molar-refractivity contribution is 0.00924. The second kappa shape index (κ2) is 7.16.